The lowest BCUT2D eigenvalue weighted by atomic mass is 9.99. The van der Waals surface area contributed by atoms with Gasteiger partial charge in [0.25, 0.3) is 5.91 Å². The zero-order valence-electron chi connectivity index (χ0n) is 20.5. The van der Waals surface area contributed by atoms with Crippen LogP contribution < -0.4 is 14.8 Å². The number of pyridine rings is 1. The van der Waals surface area contributed by atoms with Crippen LogP contribution in [0.25, 0.3) is 10.6 Å². The molecular weight excluding hydrogens is 472 g/mol. The molecule has 0 aliphatic rings. The molecule has 1 amide bonds. The molecule has 0 saturated carbocycles. The molecule has 4 aromatic rings. The van der Waals surface area contributed by atoms with E-state index in [2.05, 4.69) is 45.6 Å². The minimum atomic E-state index is -0.306. The molecule has 0 saturated heterocycles. The molecule has 4 rings (SSSR count). The third-order valence-electron chi connectivity index (χ3n) is 5.75. The second kappa shape index (κ2) is 12.1. The summed E-state index contributed by atoms with van der Waals surface area (Å²) in [7, 11) is 1.57. The third kappa shape index (κ3) is 6.14. The number of hydrogen-bond acceptors (Lipinski definition) is 7. The summed E-state index contributed by atoms with van der Waals surface area (Å²) in [5, 5.41) is 12.2. The average molecular weight is 501 g/mol. The van der Waals surface area contributed by atoms with Crippen LogP contribution in [-0.4, -0.2) is 28.2 Å². The first-order valence-corrected chi connectivity index (χ1v) is 12.5. The monoisotopic (exact) mass is 500 g/mol. The Labute approximate surface area is 214 Å². The van der Waals surface area contributed by atoms with E-state index in [1.165, 1.54) is 16.9 Å². The topological polar surface area (TPSA) is 86.2 Å². The molecule has 8 heteroatoms. The van der Waals surface area contributed by atoms with Crippen molar-refractivity contribution in [2.75, 3.05) is 12.4 Å². The Kier molecular flexibility index (Phi) is 8.41. The Morgan fingerprint density at radius 2 is 1.83 bits per heavy atom. The molecule has 7 nitrogen and oxygen atoms in total. The molecule has 0 aliphatic carbocycles. The number of hydrogen-bond donors (Lipinski definition) is 1. The summed E-state index contributed by atoms with van der Waals surface area (Å²) >= 11 is 1.29. The molecule has 0 bridgehead atoms. The van der Waals surface area contributed by atoms with Gasteiger partial charge in [-0.1, -0.05) is 60.2 Å². The Balaban J connectivity index is 1.52. The molecular formula is C28H28N4O3S. The molecule has 0 unspecified atom stereocenters. The van der Waals surface area contributed by atoms with Gasteiger partial charge in [-0.15, -0.1) is 10.2 Å². The quantitative estimate of drug-likeness (QED) is 0.243. The van der Waals surface area contributed by atoms with Gasteiger partial charge in [-0.2, -0.15) is 0 Å². The summed E-state index contributed by atoms with van der Waals surface area (Å²) in [6.07, 6.45) is 7.05. The highest BCUT2D eigenvalue weighted by molar-refractivity contribution is 7.18. The summed E-state index contributed by atoms with van der Waals surface area (Å²) in [5.41, 5.74) is 3.71. The molecule has 0 aliphatic heterocycles. The minimum absolute atomic E-state index is 0.182. The molecule has 2 heterocycles. The first-order chi connectivity index (χ1) is 17.6. The number of nitrogens with one attached hydrogen (secondary N) is 1. The van der Waals surface area contributed by atoms with Crippen LogP contribution in [0.1, 0.15) is 48.7 Å². The van der Waals surface area contributed by atoms with Crippen LogP contribution in [0.5, 0.6) is 11.5 Å². The van der Waals surface area contributed by atoms with E-state index in [4.69, 9.17) is 9.47 Å². The van der Waals surface area contributed by atoms with Crippen molar-refractivity contribution in [3.63, 3.8) is 0 Å². The minimum Gasteiger partial charge on any atom is -0.493 e. The van der Waals surface area contributed by atoms with Crippen molar-refractivity contribution in [1.29, 1.82) is 0 Å². The second-order valence-electron chi connectivity index (χ2n) is 7.99. The normalized spacial score (nSPS) is 12.1. The van der Waals surface area contributed by atoms with Crippen LogP contribution in [0, 0.1) is 0 Å². The number of ether oxygens (including phenoxy) is 2. The number of carbonyl (C=O) groups excluding carboxylic acids is 1. The number of aromatic nitrogens is 3. The Bertz CT molecular complexity index is 1320. The number of carbonyl (C=O) groups is 1. The van der Waals surface area contributed by atoms with E-state index in [-0.39, 0.29) is 12.0 Å². The maximum absolute atomic E-state index is 12.9. The van der Waals surface area contributed by atoms with Gasteiger partial charge in [-0.3, -0.25) is 15.1 Å². The van der Waals surface area contributed by atoms with E-state index in [1.54, 1.807) is 37.7 Å². The molecule has 2 aromatic heterocycles. The molecule has 2 aromatic carbocycles. The highest BCUT2D eigenvalue weighted by Crippen LogP contribution is 2.35. The van der Waals surface area contributed by atoms with Gasteiger partial charge in [0.15, 0.2) is 11.5 Å². The highest BCUT2D eigenvalue weighted by Gasteiger charge is 2.19. The van der Waals surface area contributed by atoms with Crippen LogP contribution in [0.2, 0.25) is 0 Å². The van der Waals surface area contributed by atoms with E-state index >= 15 is 0 Å². The van der Waals surface area contributed by atoms with E-state index in [0.29, 0.717) is 27.2 Å². The number of nitrogens with zero attached hydrogens (tertiary/aromatic N) is 3. The predicted octanol–water partition coefficient (Wildman–Crippen LogP) is 6.73. The van der Waals surface area contributed by atoms with E-state index < -0.39 is 0 Å². The lowest BCUT2D eigenvalue weighted by Gasteiger charge is -2.22. The molecule has 1 N–H and O–H groups in total. The maximum Gasteiger partial charge on any atom is 0.257 e. The van der Waals surface area contributed by atoms with E-state index in [9.17, 15) is 4.79 Å². The summed E-state index contributed by atoms with van der Waals surface area (Å²) < 4.78 is 12.0. The van der Waals surface area contributed by atoms with Gasteiger partial charge in [0.2, 0.25) is 5.13 Å². The summed E-state index contributed by atoms with van der Waals surface area (Å²) in [4.78, 5) is 16.9. The van der Waals surface area contributed by atoms with Gasteiger partial charge in [0.1, 0.15) is 11.1 Å². The summed E-state index contributed by atoms with van der Waals surface area (Å²) in [6.45, 7) is 4.19. The van der Waals surface area contributed by atoms with Crippen molar-refractivity contribution in [3.8, 4) is 22.1 Å². The number of anilines is 1. The van der Waals surface area contributed by atoms with Gasteiger partial charge in [-0.25, -0.2) is 0 Å². The fourth-order valence-electron chi connectivity index (χ4n) is 3.71. The summed E-state index contributed by atoms with van der Waals surface area (Å²) in [6, 6.07) is 19.0. The second-order valence-corrected chi connectivity index (χ2v) is 8.97. The number of rotatable bonds is 10. The van der Waals surface area contributed by atoms with Gasteiger partial charge < -0.3 is 9.47 Å². The number of methoxy groups -OCH3 is 1. The van der Waals surface area contributed by atoms with Crippen LogP contribution in [0.4, 0.5) is 5.13 Å². The van der Waals surface area contributed by atoms with Crippen molar-refractivity contribution in [2.24, 2.45) is 0 Å². The van der Waals surface area contributed by atoms with Crippen LogP contribution in [-0.2, 0) is 0 Å². The largest absolute Gasteiger partial charge is 0.493 e. The molecule has 0 radical (unpaired) electrons. The number of allylic oxidation sites excluding steroid dienone is 1. The lowest BCUT2D eigenvalue weighted by Crippen LogP contribution is -2.13. The maximum atomic E-state index is 12.9. The van der Waals surface area contributed by atoms with Gasteiger partial charge in [-0.05, 0) is 49.2 Å². The zero-order valence-corrected chi connectivity index (χ0v) is 21.3. The summed E-state index contributed by atoms with van der Waals surface area (Å²) in [5.74, 6) is 0.751. The van der Waals surface area contributed by atoms with Gasteiger partial charge >= 0.3 is 0 Å². The Hall–Kier alpha value is -4.04. The molecule has 36 heavy (non-hydrogen) atoms. The first kappa shape index (κ1) is 25.1. The zero-order chi connectivity index (χ0) is 25.3. The standard InChI is InChI=1S/C28H28N4O3S/c1-4-19(5-2)17-24(20-9-7-6-8-10-20)35-23-12-11-22(18-25(23)34-3)26(33)30-28-32-31-27(36-28)21-13-15-29-16-14-21/h4,6-16,18,24H,5,17H2,1-3H3,(H,30,32,33)/b19-4-/t24-/m0/s1. The van der Waals surface area contributed by atoms with E-state index in [1.807, 2.05) is 37.3 Å². The number of amides is 1. The molecule has 0 fully saturated rings. The van der Waals surface area contributed by atoms with Crippen molar-refractivity contribution < 1.29 is 14.3 Å². The smallest absolute Gasteiger partial charge is 0.257 e. The molecule has 184 valence electrons. The van der Waals surface area contributed by atoms with Crippen LogP contribution in [0.3, 0.4) is 0 Å². The highest BCUT2D eigenvalue weighted by atomic mass is 32.1. The van der Waals surface area contributed by atoms with Crippen molar-refractivity contribution in [3.05, 3.63) is 95.8 Å². The molecule has 1 atom stereocenters. The average Bonchev–Trinajstić information content (AvgIpc) is 3.40. The van der Waals surface area contributed by atoms with Gasteiger partial charge in [0, 0.05) is 29.9 Å². The van der Waals surface area contributed by atoms with Crippen molar-refractivity contribution in [1.82, 2.24) is 15.2 Å². The van der Waals surface area contributed by atoms with Crippen molar-refractivity contribution >= 4 is 22.4 Å². The fourth-order valence-corrected chi connectivity index (χ4v) is 4.46. The van der Waals surface area contributed by atoms with Crippen LogP contribution >= 0.6 is 11.3 Å². The third-order valence-corrected chi connectivity index (χ3v) is 6.64. The molecule has 0 spiro atoms. The van der Waals surface area contributed by atoms with E-state index in [0.717, 1.165) is 24.0 Å². The Morgan fingerprint density at radius 3 is 2.53 bits per heavy atom. The fraction of sp³-hybridized carbons (Fsp3) is 0.214. The lowest BCUT2D eigenvalue weighted by molar-refractivity contribution is 0.102. The van der Waals surface area contributed by atoms with Crippen molar-refractivity contribution in [2.45, 2.75) is 32.8 Å². The Morgan fingerprint density at radius 1 is 1.06 bits per heavy atom. The SMILES string of the molecule is C/C=C(/CC)C[C@H](Oc1ccc(C(=O)Nc2nnc(-c3ccncc3)s2)cc1OC)c1ccccc1. The van der Waals surface area contributed by atoms with Crippen LogP contribution in [0.15, 0.2) is 84.7 Å². The predicted molar refractivity (Wildman–Crippen MR) is 143 cm³/mol. The number of benzene rings is 2. The first-order valence-electron chi connectivity index (χ1n) is 11.7. The van der Waals surface area contributed by atoms with Gasteiger partial charge in [0.05, 0.1) is 7.11 Å².